The average molecular weight is 804 g/mol. The van der Waals surface area contributed by atoms with Crippen molar-refractivity contribution in [2.24, 2.45) is 0 Å². The molecule has 6 nitrogen and oxygen atoms in total. The molecule has 0 bridgehead atoms. The van der Waals surface area contributed by atoms with Crippen LogP contribution in [0.3, 0.4) is 0 Å². The van der Waals surface area contributed by atoms with Gasteiger partial charge in [-0.2, -0.15) is 0 Å². The van der Waals surface area contributed by atoms with Crippen LogP contribution in [-0.2, 0) is 14.3 Å². The highest BCUT2D eigenvalue weighted by atomic mass is 16.5. The number of ether oxygens (including phenoxy) is 1. The van der Waals surface area contributed by atoms with E-state index in [4.69, 9.17) is 4.74 Å². The molecule has 6 heteroatoms. The lowest BCUT2D eigenvalue weighted by Gasteiger charge is -2.24. The van der Waals surface area contributed by atoms with E-state index in [-0.39, 0.29) is 24.9 Å². The number of carbonyl (C=O) groups is 2. The van der Waals surface area contributed by atoms with E-state index >= 15 is 0 Å². The second-order valence-electron chi connectivity index (χ2n) is 15.3. The van der Waals surface area contributed by atoms with Crippen LogP contribution in [0.5, 0.6) is 0 Å². The maximum atomic E-state index is 13.1. The molecule has 0 saturated heterocycles. The highest BCUT2D eigenvalue weighted by Crippen LogP contribution is 2.16. The van der Waals surface area contributed by atoms with Crippen LogP contribution < -0.4 is 5.32 Å². The molecule has 0 heterocycles. The van der Waals surface area contributed by atoms with Crippen molar-refractivity contribution in [2.45, 2.75) is 200 Å². The fourth-order valence-electron chi connectivity index (χ4n) is 6.34. The summed E-state index contributed by atoms with van der Waals surface area (Å²) in [7, 11) is 0. The molecule has 3 atom stereocenters. The summed E-state index contributed by atoms with van der Waals surface area (Å²) in [6.07, 6.45) is 60.2. The van der Waals surface area contributed by atoms with E-state index in [2.05, 4.69) is 56.5 Å². The van der Waals surface area contributed by atoms with Gasteiger partial charge < -0.3 is 20.3 Å². The third kappa shape index (κ3) is 39.4. The van der Waals surface area contributed by atoms with E-state index in [1.165, 1.54) is 64.2 Å². The van der Waals surface area contributed by atoms with E-state index in [0.29, 0.717) is 19.3 Å². The number of hydrogen-bond acceptors (Lipinski definition) is 5. The molecule has 0 spiro atoms. The lowest BCUT2D eigenvalue weighted by atomic mass is 10.0. The van der Waals surface area contributed by atoms with Gasteiger partial charge in [0.05, 0.1) is 25.2 Å². The normalized spacial score (nSPS) is 14.4. The number of rotatable bonds is 39. The molecule has 0 aliphatic rings. The van der Waals surface area contributed by atoms with Crippen LogP contribution in [0.25, 0.3) is 0 Å². The molecule has 0 rings (SSSR count). The Kier molecular flexibility index (Phi) is 41.9. The third-order valence-electron chi connectivity index (χ3n) is 9.82. The predicted molar refractivity (Wildman–Crippen MR) is 250 cm³/mol. The summed E-state index contributed by atoms with van der Waals surface area (Å²) in [6.45, 7) is 6.13. The molecule has 328 valence electrons. The zero-order valence-corrected chi connectivity index (χ0v) is 37.1. The molecular weight excluding hydrogens is 719 g/mol. The first-order chi connectivity index (χ1) is 28.5. The minimum atomic E-state index is -0.827. The summed E-state index contributed by atoms with van der Waals surface area (Å²) < 4.78 is 5.81. The molecule has 0 aromatic heterocycles. The summed E-state index contributed by atoms with van der Waals surface area (Å²) >= 11 is 0. The summed E-state index contributed by atoms with van der Waals surface area (Å²) in [5.74, 6) is -0.647. The second-order valence-corrected chi connectivity index (χ2v) is 15.3. The Morgan fingerprint density at radius 3 is 1.47 bits per heavy atom. The van der Waals surface area contributed by atoms with Crippen LogP contribution in [0.15, 0.2) is 109 Å². The monoisotopic (exact) mass is 804 g/mol. The number of unbranched alkanes of at least 4 members (excludes halogenated alkanes) is 17. The standard InChI is InChI=1S/C52H85NO5/c1-4-7-10-13-16-19-22-24-25-27-30-33-36-39-42-45-52(57)58-48(43-40-37-34-31-28-21-18-15-12-9-6-3)46-51(56)53-49(47-54)50(55)44-41-38-35-32-29-26-23-20-17-14-11-8-5-2/h7,9-10,12-13,15-16,18-19,21-22,24-25,28,31,34,37,40,48-50,54-55H,4-6,8,11,14,17,20,23,26-27,29-30,32-33,35-36,38-39,41-47H2,1-3H3,(H,53,56)/b10-7+,12-9+,16-13+,18-15+,22-19+,25-24-,28-21-,34-31-,40-37+. The largest absolute Gasteiger partial charge is 0.461 e. The maximum Gasteiger partial charge on any atom is 0.306 e. The summed E-state index contributed by atoms with van der Waals surface area (Å²) in [5, 5.41) is 23.6. The van der Waals surface area contributed by atoms with Crippen molar-refractivity contribution in [3.05, 3.63) is 109 Å². The summed E-state index contributed by atoms with van der Waals surface area (Å²) in [5.41, 5.74) is 0. The molecule has 0 aromatic carbocycles. The van der Waals surface area contributed by atoms with Gasteiger partial charge in [-0.25, -0.2) is 0 Å². The van der Waals surface area contributed by atoms with E-state index in [1.54, 1.807) is 0 Å². The van der Waals surface area contributed by atoms with Gasteiger partial charge in [0, 0.05) is 12.8 Å². The quantitative estimate of drug-likeness (QED) is 0.0327. The van der Waals surface area contributed by atoms with Crippen LogP contribution in [0.1, 0.15) is 181 Å². The minimum Gasteiger partial charge on any atom is -0.461 e. The lowest BCUT2D eigenvalue weighted by molar-refractivity contribution is -0.150. The van der Waals surface area contributed by atoms with Gasteiger partial charge in [-0.1, -0.05) is 233 Å². The van der Waals surface area contributed by atoms with Crippen molar-refractivity contribution in [3.8, 4) is 0 Å². The van der Waals surface area contributed by atoms with E-state index in [1.807, 2.05) is 79.0 Å². The number of aliphatic hydroxyl groups excluding tert-OH is 2. The van der Waals surface area contributed by atoms with Gasteiger partial charge in [-0.05, 0) is 38.5 Å². The van der Waals surface area contributed by atoms with Crippen LogP contribution in [0.4, 0.5) is 0 Å². The molecule has 58 heavy (non-hydrogen) atoms. The van der Waals surface area contributed by atoms with Crippen LogP contribution in [0.2, 0.25) is 0 Å². The van der Waals surface area contributed by atoms with Crippen molar-refractivity contribution in [1.82, 2.24) is 5.32 Å². The van der Waals surface area contributed by atoms with Gasteiger partial charge in [0.1, 0.15) is 6.10 Å². The highest BCUT2D eigenvalue weighted by molar-refractivity contribution is 5.77. The van der Waals surface area contributed by atoms with Gasteiger partial charge in [0.15, 0.2) is 0 Å². The minimum absolute atomic E-state index is 0.0351. The summed E-state index contributed by atoms with van der Waals surface area (Å²) in [6, 6.07) is -0.750. The van der Waals surface area contributed by atoms with Crippen LogP contribution in [-0.4, -0.2) is 46.9 Å². The van der Waals surface area contributed by atoms with Gasteiger partial charge in [0.2, 0.25) is 5.91 Å². The molecule has 0 fully saturated rings. The number of hydrogen-bond donors (Lipinski definition) is 3. The topological polar surface area (TPSA) is 95.9 Å². The number of aliphatic hydroxyl groups is 2. The Hall–Kier alpha value is -3.48. The van der Waals surface area contributed by atoms with E-state index < -0.39 is 18.2 Å². The molecule has 0 radical (unpaired) electrons. The molecule has 0 aromatic rings. The summed E-state index contributed by atoms with van der Waals surface area (Å²) in [4.78, 5) is 26.0. The number of esters is 1. The number of carbonyl (C=O) groups excluding carboxylic acids is 2. The Labute approximate surface area is 356 Å². The number of allylic oxidation sites excluding steroid dienone is 17. The molecule has 3 N–H and O–H groups in total. The molecule has 1 amide bonds. The lowest BCUT2D eigenvalue weighted by Crippen LogP contribution is -2.46. The van der Waals surface area contributed by atoms with Crippen LogP contribution >= 0.6 is 0 Å². The third-order valence-corrected chi connectivity index (χ3v) is 9.82. The molecule has 0 aliphatic carbocycles. The second kappa shape index (κ2) is 44.6. The highest BCUT2D eigenvalue weighted by Gasteiger charge is 2.23. The van der Waals surface area contributed by atoms with Gasteiger partial charge in [-0.15, -0.1) is 0 Å². The Bertz CT molecular complexity index is 1220. The van der Waals surface area contributed by atoms with Gasteiger partial charge in [-0.3, -0.25) is 9.59 Å². The van der Waals surface area contributed by atoms with Gasteiger partial charge >= 0.3 is 5.97 Å². The zero-order valence-electron chi connectivity index (χ0n) is 37.1. The number of nitrogens with one attached hydrogen (secondary N) is 1. The first-order valence-electron chi connectivity index (χ1n) is 23.2. The van der Waals surface area contributed by atoms with Crippen LogP contribution in [0, 0.1) is 0 Å². The Morgan fingerprint density at radius 1 is 0.534 bits per heavy atom. The molecule has 0 saturated carbocycles. The maximum absolute atomic E-state index is 13.1. The first kappa shape index (κ1) is 54.5. The fraction of sp³-hybridized carbons (Fsp3) is 0.615. The van der Waals surface area contributed by atoms with E-state index in [0.717, 1.165) is 70.6 Å². The number of amides is 1. The predicted octanol–water partition coefficient (Wildman–Crippen LogP) is 13.6. The van der Waals surface area contributed by atoms with E-state index in [9.17, 15) is 19.8 Å². The van der Waals surface area contributed by atoms with Gasteiger partial charge in [0.25, 0.3) is 0 Å². The fourth-order valence-corrected chi connectivity index (χ4v) is 6.34. The van der Waals surface area contributed by atoms with Crippen molar-refractivity contribution < 1.29 is 24.5 Å². The Morgan fingerprint density at radius 2 is 0.966 bits per heavy atom. The average Bonchev–Trinajstić information content (AvgIpc) is 3.22. The first-order valence-corrected chi connectivity index (χ1v) is 23.2. The zero-order chi connectivity index (χ0) is 42.4. The Balaban J connectivity index is 4.76. The van der Waals surface area contributed by atoms with Crippen molar-refractivity contribution in [1.29, 1.82) is 0 Å². The SMILES string of the molecule is CC/C=C/C=C/C=C\C=C/C=C/CC(CC(=O)NC(CO)C(O)CCCCCCCCCCCCCCC)OC(=O)CCCCCCC\C=C/C=C/C=C/C=C/CC. The molecular formula is C52H85NO5. The van der Waals surface area contributed by atoms with Crippen molar-refractivity contribution >= 4 is 11.9 Å². The van der Waals surface area contributed by atoms with Crippen molar-refractivity contribution in [2.75, 3.05) is 6.61 Å². The molecule has 3 unspecified atom stereocenters. The van der Waals surface area contributed by atoms with Crippen molar-refractivity contribution in [3.63, 3.8) is 0 Å². The smallest absolute Gasteiger partial charge is 0.306 e. The molecule has 0 aliphatic heterocycles.